The summed E-state index contributed by atoms with van der Waals surface area (Å²) in [7, 11) is 0. The van der Waals surface area contributed by atoms with Crippen molar-refractivity contribution in [3.8, 4) is 16.3 Å². The monoisotopic (exact) mass is 564 g/mol. The van der Waals surface area contributed by atoms with E-state index in [1.165, 1.54) is 11.8 Å². The molecule has 4 aromatic rings. The molecule has 1 atom stereocenters. The lowest BCUT2D eigenvalue weighted by Gasteiger charge is -2.23. The highest BCUT2D eigenvalue weighted by atomic mass is 35.5. The Kier molecular flexibility index (Phi) is 7.93. The maximum atomic E-state index is 13.7. The molecule has 3 heterocycles. The number of hydrogen-bond acceptors (Lipinski definition) is 5. The average Bonchev–Trinajstić information content (AvgIpc) is 3.52. The predicted molar refractivity (Wildman–Crippen MR) is 158 cm³/mol. The van der Waals surface area contributed by atoms with E-state index in [0.717, 1.165) is 32.9 Å². The molecule has 38 heavy (non-hydrogen) atoms. The summed E-state index contributed by atoms with van der Waals surface area (Å²) < 4.78 is 1.82. The second kappa shape index (κ2) is 11.4. The van der Waals surface area contributed by atoms with Gasteiger partial charge in [0.25, 0.3) is 0 Å². The molecule has 6 nitrogen and oxygen atoms in total. The van der Waals surface area contributed by atoms with Gasteiger partial charge in [-0.3, -0.25) is 14.5 Å². The number of aryl methyl sites for hydroxylation is 1. The predicted octanol–water partition coefficient (Wildman–Crippen LogP) is 6.50. The number of rotatable bonds is 7. The SMILES string of the molecule is Cc1ccc(-n2nc(-c3cccs3)c3c2N(CC(=O)NCC(C)C)C(=O)CSC3c2cccc(Cl)c2)cc1. The Hall–Kier alpha value is -3.07. The summed E-state index contributed by atoms with van der Waals surface area (Å²) in [6, 6.07) is 19.8. The summed E-state index contributed by atoms with van der Waals surface area (Å²) in [5, 5.41) is 10.5. The number of carbonyl (C=O) groups is 2. The minimum Gasteiger partial charge on any atom is -0.354 e. The van der Waals surface area contributed by atoms with E-state index in [0.29, 0.717) is 23.3 Å². The molecule has 0 spiro atoms. The van der Waals surface area contributed by atoms with E-state index in [1.54, 1.807) is 16.2 Å². The molecule has 0 radical (unpaired) electrons. The zero-order valence-corrected chi connectivity index (χ0v) is 23.9. The van der Waals surface area contributed by atoms with Crippen molar-refractivity contribution in [1.82, 2.24) is 15.1 Å². The zero-order valence-electron chi connectivity index (χ0n) is 21.5. The van der Waals surface area contributed by atoms with Crippen LogP contribution < -0.4 is 10.2 Å². The Morgan fingerprint density at radius 2 is 1.95 bits per heavy atom. The molecular formula is C29H29ClN4O2S2. The first-order valence-electron chi connectivity index (χ1n) is 12.5. The van der Waals surface area contributed by atoms with Gasteiger partial charge in [-0.2, -0.15) is 5.10 Å². The highest BCUT2D eigenvalue weighted by Crippen LogP contribution is 2.49. The molecule has 1 aliphatic heterocycles. The Balaban J connectivity index is 1.74. The molecule has 0 fully saturated rings. The van der Waals surface area contributed by atoms with E-state index >= 15 is 0 Å². The number of anilines is 1. The van der Waals surface area contributed by atoms with Crippen LogP contribution in [0.2, 0.25) is 5.02 Å². The minimum atomic E-state index is -0.201. The van der Waals surface area contributed by atoms with Gasteiger partial charge in [0.05, 0.1) is 21.6 Å². The normalized spacial score (nSPS) is 15.4. The summed E-state index contributed by atoms with van der Waals surface area (Å²) in [6.45, 7) is 6.59. The third kappa shape index (κ3) is 5.53. The van der Waals surface area contributed by atoms with Gasteiger partial charge in [0.1, 0.15) is 18.1 Å². The van der Waals surface area contributed by atoms with Crippen molar-refractivity contribution < 1.29 is 9.59 Å². The number of thiophene rings is 1. The zero-order chi connectivity index (χ0) is 26.8. The number of benzene rings is 2. The van der Waals surface area contributed by atoms with Crippen molar-refractivity contribution in [2.45, 2.75) is 26.0 Å². The number of amides is 2. The third-order valence-electron chi connectivity index (χ3n) is 6.28. The van der Waals surface area contributed by atoms with Crippen molar-refractivity contribution in [3.05, 3.63) is 87.8 Å². The molecule has 9 heteroatoms. The largest absolute Gasteiger partial charge is 0.354 e. The molecule has 1 N–H and O–H groups in total. The van der Waals surface area contributed by atoms with Crippen LogP contribution in [0.15, 0.2) is 66.0 Å². The maximum Gasteiger partial charge on any atom is 0.240 e. The molecule has 2 aromatic heterocycles. The van der Waals surface area contributed by atoms with E-state index in [-0.39, 0.29) is 29.4 Å². The van der Waals surface area contributed by atoms with Crippen LogP contribution in [-0.2, 0) is 9.59 Å². The fourth-order valence-electron chi connectivity index (χ4n) is 4.43. The van der Waals surface area contributed by atoms with Crippen LogP contribution in [0.25, 0.3) is 16.3 Å². The number of nitrogens with zero attached hydrogens (tertiary/aromatic N) is 3. The van der Waals surface area contributed by atoms with E-state index in [4.69, 9.17) is 16.7 Å². The topological polar surface area (TPSA) is 67.2 Å². The van der Waals surface area contributed by atoms with Crippen LogP contribution >= 0.6 is 34.7 Å². The quantitative estimate of drug-likeness (QED) is 0.278. The van der Waals surface area contributed by atoms with Gasteiger partial charge >= 0.3 is 0 Å². The van der Waals surface area contributed by atoms with Crippen molar-refractivity contribution in [2.24, 2.45) is 5.92 Å². The van der Waals surface area contributed by atoms with Gasteiger partial charge in [-0.05, 0) is 54.1 Å². The fourth-order valence-corrected chi connectivity index (χ4v) is 6.54. The molecule has 196 valence electrons. The number of aromatic nitrogens is 2. The maximum absolute atomic E-state index is 13.7. The molecule has 1 unspecified atom stereocenters. The molecule has 2 aromatic carbocycles. The molecule has 1 aliphatic rings. The number of hydrogen-bond donors (Lipinski definition) is 1. The average molecular weight is 565 g/mol. The van der Waals surface area contributed by atoms with E-state index in [9.17, 15) is 9.59 Å². The smallest absolute Gasteiger partial charge is 0.240 e. The van der Waals surface area contributed by atoms with Crippen LogP contribution in [0, 0.1) is 12.8 Å². The minimum absolute atomic E-state index is 0.0805. The van der Waals surface area contributed by atoms with Gasteiger partial charge in [-0.25, -0.2) is 4.68 Å². The molecule has 0 bridgehead atoms. The highest BCUT2D eigenvalue weighted by molar-refractivity contribution is 8.00. The summed E-state index contributed by atoms with van der Waals surface area (Å²) in [5.74, 6) is 0.823. The van der Waals surface area contributed by atoms with E-state index in [2.05, 4.69) is 5.32 Å². The van der Waals surface area contributed by atoms with Crippen molar-refractivity contribution in [2.75, 3.05) is 23.7 Å². The van der Waals surface area contributed by atoms with Gasteiger partial charge in [0.2, 0.25) is 11.8 Å². The van der Waals surface area contributed by atoms with Crippen molar-refractivity contribution in [1.29, 1.82) is 0 Å². The number of halogens is 1. The summed E-state index contributed by atoms with van der Waals surface area (Å²) in [4.78, 5) is 29.3. The lowest BCUT2D eigenvalue weighted by atomic mass is 10.0. The molecule has 2 amide bonds. The Labute approximate surface area is 236 Å². The summed E-state index contributed by atoms with van der Waals surface area (Å²) >= 11 is 9.55. The van der Waals surface area contributed by atoms with Crippen LogP contribution in [0.3, 0.4) is 0 Å². The number of thioether (sulfide) groups is 1. The van der Waals surface area contributed by atoms with Crippen LogP contribution in [0.5, 0.6) is 0 Å². The van der Waals surface area contributed by atoms with E-state index in [1.807, 2.05) is 91.5 Å². The van der Waals surface area contributed by atoms with Gasteiger partial charge < -0.3 is 5.32 Å². The molecule has 0 aliphatic carbocycles. The van der Waals surface area contributed by atoms with Gasteiger partial charge in [0, 0.05) is 17.1 Å². The number of carbonyl (C=O) groups excluding carboxylic acids is 2. The Morgan fingerprint density at radius 1 is 1.16 bits per heavy atom. The Bertz CT molecular complexity index is 1450. The molecule has 0 saturated heterocycles. The second-order valence-corrected chi connectivity index (χ2v) is 12.2. The fraction of sp³-hybridized carbons (Fsp3) is 0.276. The van der Waals surface area contributed by atoms with Crippen LogP contribution in [-0.4, -0.2) is 40.4 Å². The first-order valence-corrected chi connectivity index (χ1v) is 14.8. The Morgan fingerprint density at radius 3 is 2.63 bits per heavy atom. The van der Waals surface area contributed by atoms with Gasteiger partial charge in [-0.15, -0.1) is 23.1 Å². The molecular weight excluding hydrogens is 536 g/mol. The van der Waals surface area contributed by atoms with Gasteiger partial charge in [0.15, 0.2) is 0 Å². The lowest BCUT2D eigenvalue weighted by Crippen LogP contribution is -2.43. The van der Waals surface area contributed by atoms with Gasteiger partial charge in [-0.1, -0.05) is 61.3 Å². The number of fused-ring (bicyclic) bond motifs is 1. The molecule has 5 rings (SSSR count). The van der Waals surface area contributed by atoms with Crippen molar-refractivity contribution in [3.63, 3.8) is 0 Å². The van der Waals surface area contributed by atoms with Crippen molar-refractivity contribution >= 4 is 52.3 Å². The first-order chi connectivity index (χ1) is 18.3. The van der Waals surface area contributed by atoms with Crippen LogP contribution in [0.4, 0.5) is 5.82 Å². The first kappa shape index (κ1) is 26.5. The standard InChI is InChI=1S/C29H29ClN4O2S2/c1-18(2)15-31-24(35)16-33-25(36)17-38-28(20-6-4-7-21(30)14-20)26-27(23-8-5-13-37-23)32-34(29(26)33)22-11-9-19(3)10-12-22/h4-14,18,28H,15-17H2,1-3H3,(H,31,35). The lowest BCUT2D eigenvalue weighted by molar-refractivity contribution is -0.123. The summed E-state index contributed by atoms with van der Waals surface area (Å²) in [5.41, 5.74) is 4.65. The summed E-state index contributed by atoms with van der Waals surface area (Å²) in [6.07, 6.45) is 0. The highest BCUT2D eigenvalue weighted by Gasteiger charge is 2.38. The van der Waals surface area contributed by atoms with Crippen LogP contribution in [0.1, 0.15) is 35.8 Å². The second-order valence-electron chi connectivity index (χ2n) is 9.73. The van der Waals surface area contributed by atoms with E-state index < -0.39 is 0 Å². The third-order valence-corrected chi connectivity index (χ3v) is 8.65. The molecule has 0 saturated carbocycles. The number of nitrogens with one attached hydrogen (secondary N) is 1.